The van der Waals surface area contributed by atoms with E-state index in [9.17, 15) is 17.6 Å². The molecule has 0 saturated heterocycles. The number of nitrogens with two attached hydrogens (primary N) is 1. The van der Waals surface area contributed by atoms with Crippen LogP contribution < -0.4 is 10.5 Å². The Morgan fingerprint density at radius 1 is 1.52 bits per heavy atom. The minimum Gasteiger partial charge on any atom is -0.380 e. The van der Waals surface area contributed by atoms with Gasteiger partial charge in [-0.1, -0.05) is 11.6 Å². The van der Waals surface area contributed by atoms with Crippen molar-refractivity contribution in [3.63, 3.8) is 0 Å². The van der Waals surface area contributed by atoms with Gasteiger partial charge in [0.25, 0.3) is 5.91 Å². The van der Waals surface area contributed by atoms with Gasteiger partial charge in [0.1, 0.15) is 10.7 Å². The summed E-state index contributed by atoms with van der Waals surface area (Å²) in [6.45, 7) is 4.28. The number of sulfonamides is 1. The topological polar surface area (TPSA) is 98.5 Å². The van der Waals surface area contributed by atoms with Crippen molar-refractivity contribution in [2.24, 2.45) is 5.14 Å². The van der Waals surface area contributed by atoms with E-state index in [4.69, 9.17) is 21.5 Å². The Labute approximate surface area is 127 Å². The first-order chi connectivity index (χ1) is 9.66. The minimum atomic E-state index is -4.29. The molecule has 0 radical (unpaired) electrons. The molecular formula is C12H16ClFN2O4S. The number of primary sulfonamides is 1. The summed E-state index contributed by atoms with van der Waals surface area (Å²) in [5.41, 5.74) is -0.176. The fraction of sp³-hybridized carbons (Fsp3) is 0.417. The van der Waals surface area contributed by atoms with E-state index >= 15 is 0 Å². The number of hydrogen-bond acceptors (Lipinski definition) is 4. The number of carbonyl (C=O) groups excluding carboxylic acids is 1. The molecule has 0 aliphatic heterocycles. The van der Waals surface area contributed by atoms with Crippen LogP contribution in [0.25, 0.3) is 0 Å². The number of amides is 1. The van der Waals surface area contributed by atoms with E-state index in [1.165, 1.54) is 0 Å². The van der Waals surface area contributed by atoms with E-state index < -0.39 is 26.6 Å². The Balaban J connectivity index is 3.05. The van der Waals surface area contributed by atoms with Gasteiger partial charge in [-0.25, -0.2) is 17.9 Å². The molecule has 0 spiro atoms. The molecule has 0 bridgehead atoms. The summed E-state index contributed by atoms with van der Waals surface area (Å²) in [5.74, 6) is -1.75. The largest absolute Gasteiger partial charge is 0.380 e. The van der Waals surface area contributed by atoms with Crippen molar-refractivity contribution >= 4 is 27.5 Å². The fourth-order valence-corrected chi connectivity index (χ4v) is 2.41. The summed E-state index contributed by atoms with van der Waals surface area (Å²) in [5, 5.41) is 7.24. The van der Waals surface area contributed by atoms with Crippen LogP contribution in [0.1, 0.15) is 24.2 Å². The highest BCUT2D eigenvalue weighted by atomic mass is 35.5. The summed E-state index contributed by atoms with van der Waals surface area (Å²) in [7, 11) is -4.29. The maximum atomic E-state index is 13.5. The van der Waals surface area contributed by atoms with Crippen molar-refractivity contribution in [3.05, 3.63) is 28.5 Å². The Morgan fingerprint density at radius 3 is 2.67 bits per heavy atom. The second-order valence-corrected chi connectivity index (χ2v) is 6.28. The fourth-order valence-electron chi connectivity index (χ4n) is 1.56. The van der Waals surface area contributed by atoms with Crippen molar-refractivity contribution in [2.45, 2.75) is 24.8 Å². The van der Waals surface area contributed by atoms with Gasteiger partial charge in [-0.15, -0.1) is 0 Å². The minimum absolute atomic E-state index is 0.176. The van der Waals surface area contributed by atoms with Crippen molar-refractivity contribution in [1.29, 1.82) is 0 Å². The van der Waals surface area contributed by atoms with E-state index in [2.05, 4.69) is 5.32 Å². The molecule has 0 aliphatic carbocycles. The SMILES string of the molecule is CCOCC(C)NC(=O)c1cc(S(N)(=O)=O)c(F)cc1Cl. The van der Waals surface area contributed by atoms with E-state index in [1.807, 2.05) is 6.92 Å². The summed E-state index contributed by atoms with van der Waals surface area (Å²) in [6.07, 6.45) is 0. The smallest absolute Gasteiger partial charge is 0.253 e. The quantitative estimate of drug-likeness (QED) is 0.816. The zero-order valence-corrected chi connectivity index (χ0v) is 13.1. The lowest BCUT2D eigenvalue weighted by Gasteiger charge is -2.15. The third-order valence-corrected chi connectivity index (χ3v) is 3.76. The number of nitrogens with one attached hydrogen (secondary N) is 1. The molecule has 1 aromatic rings. The zero-order chi connectivity index (χ0) is 16.2. The molecule has 1 atom stereocenters. The Hall–Kier alpha value is -1.22. The predicted molar refractivity (Wildman–Crippen MR) is 76.2 cm³/mol. The van der Waals surface area contributed by atoms with Crippen LogP contribution in [0, 0.1) is 5.82 Å². The Bertz CT molecular complexity index is 636. The van der Waals surface area contributed by atoms with E-state index in [0.717, 1.165) is 12.1 Å². The van der Waals surface area contributed by atoms with Crippen molar-refractivity contribution in [1.82, 2.24) is 5.32 Å². The van der Waals surface area contributed by atoms with Crippen LogP contribution in [0.3, 0.4) is 0 Å². The maximum Gasteiger partial charge on any atom is 0.253 e. The van der Waals surface area contributed by atoms with Crippen LogP contribution in [0.15, 0.2) is 17.0 Å². The van der Waals surface area contributed by atoms with Crippen LogP contribution in [-0.4, -0.2) is 33.6 Å². The first-order valence-electron chi connectivity index (χ1n) is 6.07. The molecule has 0 aromatic heterocycles. The van der Waals surface area contributed by atoms with Crippen molar-refractivity contribution < 1.29 is 22.3 Å². The molecule has 1 unspecified atom stereocenters. The Kier molecular flexibility index (Phi) is 6.09. The number of ether oxygens (including phenoxy) is 1. The summed E-state index contributed by atoms with van der Waals surface area (Å²) < 4.78 is 41.2. The molecular weight excluding hydrogens is 323 g/mol. The lowest BCUT2D eigenvalue weighted by molar-refractivity contribution is 0.0872. The number of carbonyl (C=O) groups is 1. The second kappa shape index (κ2) is 7.17. The van der Waals surface area contributed by atoms with Crippen LogP contribution in [0.5, 0.6) is 0 Å². The van der Waals surface area contributed by atoms with Crippen LogP contribution in [-0.2, 0) is 14.8 Å². The van der Waals surface area contributed by atoms with Gasteiger partial charge in [0.05, 0.1) is 17.2 Å². The number of rotatable bonds is 6. The molecule has 3 N–H and O–H groups in total. The van der Waals surface area contributed by atoms with E-state index in [0.29, 0.717) is 6.61 Å². The highest BCUT2D eigenvalue weighted by Gasteiger charge is 2.21. The van der Waals surface area contributed by atoms with Gasteiger partial charge >= 0.3 is 0 Å². The van der Waals surface area contributed by atoms with Gasteiger partial charge in [-0.2, -0.15) is 0 Å². The first kappa shape index (κ1) is 17.8. The molecule has 1 amide bonds. The zero-order valence-electron chi connectivity index (χ0n) is 11.5. The molecule has 118 valence electrons. The molecule has 0 heterocycles. The average molecular weight is 339 g/mol. The lowest BCUT2D eigenvalue weighted by atomic mass is 10.2. The number of benzene rings is 1. The summed E-state index contributed by atoms with van der Waals surface area (Å²) >= 11 is 5.77. The predicted octanol–water partition coefficient (Wildman–Crippen LogP) is 1.28. The molecule has 0 saturated carbocycles. The molecule has 6 nitrogen and oxygen atoms in total. The molecule has 9 heteroatoms. The van der Waals surface area contributed by atoms with E-state index in [-0.39, 0.29) is 23.2 Å². The second-order valence-electron chi connectivity index (χ2n) is 4.34. The lowest BCUT2D eigenvalue weighted by Crippen LogP contribution is -2.36. The third-order valence-electron chi connectivity index (χ3n) is 2.52. The van der Waals surface area contributed by atoms with E-state index in [1.54, 1.807) is 6.92 Å². The third kappa shape index (κ3) is 4.92. The van der Waals surface area contributed by atoms with Gasteiger partial charge in [0.15, 0.2) is 0 Å². The average Bonchev–Trinajstić information content (AvgIpc) is 2.34. The van der Waals surface area contributed by atoms with Crippen molar-refractivity contribution in [2.75, 3.05) is 13.2 Å². The molecule has 0 aliphatic rings. The maximum absolute atomic E-state index is 13.5. The summed E-state index contributed by atoms with van der Waals surface area (Å²) in [6, 6.07) is 1.23. The Morgan fingerprint density at radius 2 is 2.14 bits per heavy atom. The van der Waals surface area contributed by atoms with Crippen LogP contribution in [0.2, 0.25) is 5.02 Å². The molecule has 1 aromatic carbocycles. The molecule has 0 fully saturated rings. The number of halogens is 2. The highest BCUT2D eigenvalue weighted by molar-refractivity contribution is 7.89. The van der Waals surface area contributed by atoms with Gasteiger partial charge < -0.3 is 10.1 Å². The van der Waals surface area contributed by atoms with Gasteiger partial charge in [0, 0.05) is 12.6 Å². The molecule has 21 heavy (non-hydrogen) atoms. The molecule has 1 rings (SSSR count). The summed E-state index contributed by atoms with van der Waals surface area (Å²) in [4.78, 5) is 11.2. The normalized spacial score (nSPS) is 13.0. The monoisotopic (exact) mass is 338 g/mol. The van der Waals surface area contributed by atoms with Crippen LogP contribution >= 0.6 is 11.6 Å². The highest BCUT2D eigenvalue weighted by Crippen LogP contribution is 2.23. The number of hydrogen-bond donors (Lipinski definition) is 2. The van der Waals surface area contributed by atoms with Gasteiger partial charge in [-0.05, 0) is 26.0 Å². The first-order valence-corrected chi connectivity index (χ1v) is 7.99. The van der Waals surface area contributed by atoms with Crippen molar-refractivity contribution in [3.8, 4) is 0 Å². The van der Waals surface area contributed by atoms with Crippen LogP contribution in [0.4, 0.5) is 4.39 Å². The van der Waals surface area contributed by atoms with Gasteiger partial charge in [-0.3, -0.25) is 4.79 Å². The van der Waals surface area contributed by atoms with Gasteiger partial charge in [0.2, 0.25) is 10.0 Å². The standard InChI is InChI=1S/C12H16ClFN2O4S/c1-3-20-6-7(2)16-12(17)8-4-11(21(15,18)19)10(14)5-9(8)13/h4-5,7H,3,6H2,1-2H3,(H,16,17)(H2,15,18,19).